The second-order valence-corrected chi connectivity index (χ2v) is 5.98. The van der Waals surface area contributed by atoms with E-state index in [4.69, 9.17) is 4.74 Å². The van der Waals surface area contributed by atoms with Crippen LogP contribution in [0.25, 0.3) is 0 Å². The second-order valence-electron chi connectivity index (χ2n) is 5.98. The van der Waals surface area contributed by atoms with E-state index in [2.05, 4.69) is 19.2 Å². The number of nitrogens with one attached hydrogen (secondary N) is 1. The minimum atomic E-state index is -0.0451. The van der Waals surface area contributed by atoms with E-state index in [1.807, 2.05) is 0 Å². The number of rotatable bonds is 2. The van der Waals surface area contributed by atoms with Gasteiger partial charge >= 0.3 is 5.97 Å². The highest BCUT2D eigenvalue weighted by molar-refractivity contribution is 5.76. The van der Waals surface area contributed by atoms with Crippen LogP contribution in [0, 0.1) is 11.8 Å². The Labute approximate surface area is 104 Å². The molecule has 0 amide bonds. The van der Waals surface area contributed by atoms with Crippen LogP contribution in [0.2, 0.25) is 0 Å². The quantitative estimate of drug-likeness (QED) is 0.752. The molecule has 1 aliphatic carbocycles. The number of esters is 1. The van der Waals surface area contributed by atoms with Gasteiger partial charge in [-0.25, -0.2) is 0 Å². The summed E-state index contributed by atoms with van der Waals surface area (Å²) >= 11 is 0. The highest BCUT2D eigenvalue weighted by atomic mass is 16.5. The summed E-state index contributed by atoms with van der Waals surface area (Å²) in [6.07, 6.45) is 6.79. The van der Waals surface area contributed by atoms with Crippen molar-refractivity contribution in [3.05, 3.63) is 0 Å². The van der Waals surface area contributed by atoms with Gasteiger partial charge in [-0.15, -0.1) is 0 Å². The third kappa shape index (κ3) is 3.70. The van der Waals surface area contributed by atoms with Gasteiger partial charge < -0.3 is 10.1 Å². The van der Waals surface area contributed by atoms with Crippen LogP contribution in [0.5, 0.6) is 0 Å². The molecular weight excluding hydrogens is 214 g/mol. The van der Waals surface area contributed by atoms with Gasteiger partial charge in [0.1, 0.15) is 12.1 Å². The maximum atomic E-state index is 12.0. The Bertz CT molecular complexity index is 251. The summed E-state index contributed by atoms with van der Waals surface area (Å²) in [5, 5.41) is 3.26. The Morgan fingerprint density at radius 2 is 1.82 bits per heavy atom. The zero-order chi connectivity index (χ0) is 12.3. The van der Waals surface area contributed by atoms with Gasteiger partial charge in [0, 0.05) is 0 Å². The number of ether oxygens (including phenoxy) is 1. The molecule has 1 heterocycles. The molecule has 3 unspecified atom stereocenters. The smallest absolute Gasteiger partial charge is 0.323 e. The summed E-state index contributed by atoms with van der Waals surface area (Å²) < 4.78 is 5.67. The molecule has 2 fully saturated rings. The van der Waals surface area contributed by atoms with Crippen molar-refractivity contribution in [3.8, 4) is 0 Å². The van der Waals surface area contributed by atoms with Crippen molar-refractivity contribution in [3.63, 3.8) is 0 Å². The Kier molecular flexibility index (Phi) is 4.43. The second kappa shape index (κ2) is 5.85. The zero-order valence-electron chi connectivity index (χ0n) is 11.1. The summed E-state index contributed by atoms with van der Waals surface area (Å²) in [5.74, 6) is 1.36. The molecule has 0 aromatic carbocycles. The normalized spacial score (nSPS) is 38.7. The SMILES string of the molecule is CC1CC(C)CC(OC(=O)C2CCCCN2)C1. The Morgan fingerprint density at radius 1 is 1.12 bits per heavy atom. The fraction of sp³-hybridized carbons (Fsp3) is 0.929. The molecule has 3 heteroatoms. The van der Waals surface area contributed by atoms with Crippen LogP contribution >= 0.6 is 0 Å². The molecule has 1 N–H and O–H groups in total. The van der Waals surface area contributed by atoms with Crippen molar-refractivity contribution >= 4 is 5.97 Å². The van der Waals surface area contributed by atoms with Crippen molar-refractivity contribution < 1.29 is 9.53 Å². The van der Waals surface area contributed by atoms with E-state index in [-0.39, 0.29) is 18.1 Å². The Morgan fingerprint density at radius 3 is 2.41 bits per heavy atom. The molecule has 0 bridgehead atoms. The van der Waals surface area contributed by atoms with E-state index in [0.717, 1.165) is 32.2 Å². The van der Waals surface area contributed by atoms with Crippen LogP contribution in [0.1, 0.15) is 52.4 Å². The van der Waals surface area contributed by atoms with E-state index in [1.54, 1.807) is 0 Å². The molecule has 0 aromatic rings. The maximum Gasteiger partial charge on any atom is 0.323 e. The lowest BCUT2D eigenvalue weighted by molar-refractivity contribution is -0.155. The maximum absolute atomic E-state index is 12.0. The van der Waals surface area contributed by atoms with E-state index >= 15 is 0 Å². The topological polar surface area (TPSA) is 38.3 Å². The summed E-state index contributed by atoms with van der Waals surface area (Å²) in [6, 6.07) is -0.0451. The Balaban J connectivity index is 1.80. The lowest BCUT2D eigenvalue weighted by atomic mass is 9.82. The predicted octanol–water partition coefficient (Wildman–Crippen LogP) is 2.50. The van der Waals surface area contributed by atoms with Gasteiger partial charge in [-0.2, -0.15) is 0 Å². The highest BCUT2D eigenvalue weighted by Crippen LogP contribution is 2.30. The molecular formula is C14H25NO2. The molecule has 0 radical (unpaired) electrons. The van der Waals surface area contributed by atoms with Crippen molar-refractivity contribution in [2.75, 3.05) is 6.54 Å². The molecule has 0 spiro atoms. The molecule has 0 aromatic heterocycles. The predicted molar refractivity (Wildman–Crippen MR) is 67.7 cm³/mol. The molecule has 3 nitrogen and oxygen atoms in total. The van der Waals surface area contributed by atoms with Crippen molar-refractivity contribution in [1.82, 2.24) is 5.32 Å². The molecule has 2 rings (SSSR count). The van der Waals surface area contributed by atoms with Gasteiger partial charge in [0.05, 0.1) is 0 Å². The largest absolute Gasteiger partial charge is 0.461 e. The average molecular weight is 239 g/mol. The number of hydrogen-bond acceptors (Lipinski definition) is 3. The average Bonchev–Trinajstić information content (AvgIpc) is 2.28. The van der Waals surface area contributed by atoms with Crippen LogP contribution in [0.15, 0.2) is 0 Å². The van der Waals surface area contributed by atoms with Crippen LogP contribution in [0.3, 0.4) is 0 Å². The van der Waals surface area contributed by atoms with E-state index < -0.39 is 0 Å². The standard InChI is InChI=1S/C14H25NO2/c1-10-7-11(2)9-12(8-10)17-14(16)13-5-3-4-6-15-13/h10-13,15H,3-9H2,1-2H3. The molecule has 1 aliphatic heterocycles. The van der Waals surface area contributed by atoms with Crippen LogP contribution in [-0.2, 0) is 9.53 Å². The van der Waals surface area contributed by atoms with Crippen LogP contribution in [0.4, 0.5) is 0 Å². The minimum Gasteiger partial charge on any atom is -0.461 e. The van der Waals surface area contributed by atoms with Gasteiger partial charge in [-0.1, -0.05) is 20.3 Å². The number of carbonyl (C=O) groups excluding carboxylic acids is 1. The third-order valence-corrected chi connectivity index (χ3v) is 4.01. The molecule has 17 heavy (non-hydrogen) atoms. The lowest BCUT2D eigenvalue weighted by Gasteiger charge is -2.32. The van der Waals surface area contributed by atoms with E-state index in [9.17, 15) is 4.79 Å². The number of piperidine rings is 1. The van der Waals surface area contributed by atoms with E-state index in [1.165, 1.54) is 12.8 Å². The summed E-state index contributed by atoms with van der Waals surface area (Å²) in [6.45, 7) is 5.47. The molecule has 1 saturated heterocycles. The molecule has 1 saturated carbocycles. The van der Waals surface area contributed by atoms with Crippen molar-refractivity contribution in [2.45, 2.75) is 64.5 Å². The minimum absolute atomic E-state index is 0.0176. The molecule has 3 atom stereocenters. The first-order chi connectivity index (χ1) is 8.15. The number of carbonyl (C=O) groups is 1. The van der Waals surface area contributed by atoms with Gasteiger partial charge in [-0.05, 0) is 50.5 Å². The van der Waals surface area contributed by atoms with Crippen molar-refractivity contribution in [2.24, 2.45) is 11.8 Å². The van der Waals surface area contributed by atoms with Gasteiger partial charge in [-0.3, -0.25) is 4.79 Å². The third-order valence-electron chi connectivity index (χ3n) is 4.01. The fourth-order valence-electron chi connectivity index (χ4n) is 3.27. The number of hydrogen-bond donors (Lipinski definition) is 1. The van der Waals surface area contributed by atoms with Crippen LogP contribution < -0.4 is 5.32 Å². The molecule has 98 valence electrons. The van der Waals surface area contributed by atoms with Gasteiger partial charge in [0.2, 0.25) is 0 Å². The highest BCUT2D eigenvalue weighted by Gasteiger charge is 2.29. The lowest BCUT2D eigenvalue weighted by Crippen LogP contribution is -2.43. The first-order valence-electron chi connectivity index (χ1n) is 7.09. The summed E-state index contributed by atoms with van der Waals surface area (Å²) in [5.41, 5.74) is 0. The summed E-state index contributed by atoms with van der Waals surface area (Å²) in [4.78, 5) is 12.0. The zero-order valence-corrected chi connectivity index (χ0v) is 11.1. The van der Waals surface area contributed by atoms with Crippen LogP contribution in [-0.4, -0.2) is 24.7 Å². The first-order valence-corrected chi connectivity index (χ1v) is 7.09. The van der Waals surface area contributed by atoms with Gasteiger partial charge in [0.25, 0.3) is 0 Å². The Hall–Kier alpha value is -0.570. The van der Waals surface area contributed by atoms with Gasteiger partial charge in [0.15, 0.2) is 0 Å². The van der Waals surface area contributed by atoms with Crippen molar-refractivity contribution in [1.29, 1.82) is 0 Å². The fourth-order valence-corrected chi connectivity index (χ4v) is 3.27. The monoisotopic (exact) mass is 239 g/mol. The first kappa shape index (κ1) is 12.9. The summed E-state index contributed by atoms with van der Waals surface area (Å²) in [7, 11) is 0. The van der Waals surface area contributed by atoms with E-state index in [0.29, 0.717) is 11.8 Å². The molecule has 2 aliphatic rings.